The van der Waals surface area contributed by atoms with Gasteiger partial charge in [-0.25, -0.2) is 0 Å². The maximum atomic E-state index is 12.3. The molecule has 0 aliphatic carbocycles. The van der Waals surface area contributed by atoms with Gasteiger partial charge in [0.25, 0.3) is 5.91 Å². The topological polar surface area (TPSA) is 52.0 Å². The van der Waals surface area contributed by atoms with Crippen molar-refractivity contribution in [3.8, 4) is 11.5 Å². The van der Waals surface area contributed by atoms with E-state index in [9.17, 15) is 4.79 Å². The van der Waals surface area contributed by atoms with Crippen molar-refractivity contribution in [1.29, 1.82) is 0 Å². The molecule has 5 heteroatoms. The first kappa shape index (κ1) is 18.8. The summed E-state index contributed by atoms with van der Waals surface area (Å²) >= 11 is 0. The van der Waals surface area contributed by atoms with Crippen LogP contribution in [0.3, 0.4) is 0 Å². The number of hydrogen-bond donors (Lipinski definition) is 2. The smallest absolute Gasteiger partial charge is 0.279 e. The molecule has 2 aromatic rings. The fourth-order valence-corrected chi connectivity index (χ4v) is 2.70. The van der Waals surface area contributed by atoms with Crippen LogP contribution in [-0.4, -0.2) is 33.7 Å². The minimum absolute atomic E-state index is 0.00114. The first-order valence-electron chi connectivity index (χ1n) is 8.32. The Balaban J connectivity index is 1.94. The number of carbonyl (C=O) groups is 1. The molecule has 0 aliphatic heterocycles. The number of quaternary nitrogens is 1. The number of nitrogens with one attached hydrogen (secondary N) is 2. The van der Waals surface area contributed by atoms with Crippen LogP contribution in [0.25, 0.3) is 0 Å². The van der Waals surface area contributed by atoms with Gasteiger partial charge >= 0.3 is 0 Å². The quantitative estimate of drug-likeness (QED) is 0.808. The average Bonchev–Trinajstić information content (AvgIpc) is 2.57. The molecule has 0 fully saturated rings. The predicted octanol–water partition coefficient (Wildman–Crippen LogP) is 1.97. The van der Waals surface area contributed by atoms with Crippen LogP contribution in [-0.2, 0) is 11.3 Å². The van der Waals surface area contributed by atoms with Crippen LogP contribution >= 0.6 is 0 Å². The number of carbonyl (C=O) groups excluding carboxylic acids is 1. The highest BCUT2D eigenvalue weighted by Crippen LogP contribution is 2.27. The molecule has 1 unspecified atom stereocenters. The molecule has 5 nitrogen and oxygen atoms in total. The molecule has 0 aromatic heterocycles. The molecule has 0 radical (unpaired) electrons. The molecule has 1 atom stereocenters. The molecule has 2 aromatic carbocycles. The van der Waals surface area contributed by atoms with Crippen molar-refractivity contribution in [2.45, 2.75) is 20.4 Å². The average molecular weight is 343 g/mol. The van der Waals surface area contributed by atoms with Gasteiger partial charge in [0.2, 0.25) is 0 Å². The van der Waals surface area contributed by atoms with Crippen molar-refractivity contribution in [3.63, 3.8) is 0 Å². The fraction of sp³-hybridized carbons (Fsp3) is 0.350. The zero-order valence-electron chi connectivity index (χ0n) is 15.6. The summed E-state index contributed by atoms with van der Waals surface area (Å²) in [6.07, 6.45) is 0. The van der Waals surface area contributed by atoms with Crippen molar-refractivity contribution in [2.24, 2.45) is 0 Å². The molecule has 1 amide bonds. The Morgan fingerprint density at radius 2 is 1.72 bits per heavy atom. The number of methoxy groups -OCH3 is 2. The van der Waals surface area contributed by atoms with E-state index in [1.165, 1.54) is 11.1 Å². The molecule has 0 spiro atoms. The summed E-state index contributed by atoms with van der Waals surface area (Å²) in [6.45, 7) is 5.21. The van der Waals surface area contributed by atoms with Gasteiger partial charge in [-0.15, -0.1) is 0 Å². The van der Waals surface area contributed by atoms with E-state index in [1.807, 2.05) is 50.4 Å². The lowest BCUT2D eigenvalue weighted by Gasteiger charge is -2.15. The van der Waals surface area contributed by atoms with Gasteiger partial charge in [-0.3, -0.25) is 4.79 Å². The van der Waals surface area contributed by atoms with Crippen molar-refractivity contribution < 1.29 is 19.2 Å². The third-order valence-electron chi connectivity index (χ3n) is 4.21. The zero-order chi connectivity index (χ0) is 18.4. The summed E-state index contributed by atoms with van der Waals surface area (Å²) in [5.41, 5.74) is 4.32. The van der Waals surface area contributed by atoms with E-state index in [0.717, 1.165) is 22.7 Å². The molecular weight excluding hydrogens is 316 g/mol. The van der Waals surface area contributed by atoms with Crippen LogP contribution in [0.1, 0.15) is 16.7 Å². The molecule has 0 saturated carbocycles. The first-order chi connectivity index (χ1) is 11.9. The monoisotopic (exact) mass is 343 g/mol. The van der Waals surface area contributed by atoms with Crippen LogP contribution in [0.2, 0.25) is 0 Å². The predicted molar refractivity (Wildman–Crippen MR) is 99.5 cm³/mol. The third-order valence-corrected chi connectivity index (χ3v) is 4.21. The van der Waals surface area contributed by atoms with E-state index in [4.69, 9.17) is 9.47 Å². The van der Waals surface area contributed by atoms with Crippen molar-refractivity contribution in [2.75, 3.05) is 33.1 Å². The second kappa shape index (κ2) is 8.53. The Labute approximate surface area is 149 Å². The SMILES string of the molecule is COc1ccc(C[NH+](C)CC(=O)Nc2ccc(C)c(C)c2)cc1OC. The van der Waals surface area contributed by atoms with Gasteiger partial charge in [0.15, 0.2) is 18.0 Å². The van der Waals surface area contributed by atoms with Crippen LogP contribution in [0.5, 0.6) is 11.5 Å². The molecule has 2 rings (SSSR count). The Morgan fingerprint density at radius 1 is 1.00 bits per heavy atom. The maximum Gasteiger partial charge on any atom is 0.279 e. The summed E-state index contributed by atoms with van der Waals surface area (Å²) in [5.74, 6) is 1.41. The van der Waals surface area contributed by atoms with Gasteiger partial charge in [0.1, 0.15) is 6.54 Å². The van der Waals surface area contributed by atoms with Crippen molar-refractivity contribution in [1.82, 2.24) is 0 Å². The van der Waals surface area contributed by atoms with E-state index >= 15 is 0 Å². The summed E-state index contributed by atoms with van der Waals surface area (Å²) in [7, 11) is 5.23. The number of aryl methyl sites for hydroxylation is 2. The van der Waals surface area contributed by atoms with Crippen LogP contribution in [0, 0.1) is 13.8 Å². The van der Waals surface area contributed by atoms with Crippen molar-refractivity contribution in [3.05, 3.63) is 53.1 Å². The Hall–Kier alpha value is -2.53. The van der Waals surface area contributed by atoms with Gasteiger partial charge in [-0.2, -0.15) is 0 Å². The van der Waals surface area contributed by atoms with Gasteiger partial charge in [-0.1, -0.05) is 6.07 Å². The summed E-state index contributed by atoms with van der Waals surface area (Å²) in [6, 6.07) is 11.8. The molecular formula is C20H27N2O3+. The first-order valence-corrected chi connectivity index (χ1v) is 8.32. The molecule has 134 valence electrons. The minimum atomic E-state index is 0.00114. The van der Waals surface area contributed by atoms with E-state index < -0.39 is 0 Å². The largest absolute Gasteiger partial charge is 0.493 e. The summed E-state index contributed by atoms with van der Waals surface area (Å²) < 4.78 is 10.6. The number of rotatable bonds is 7. The van der Waals surface area contributed by atoms with E-state index in [-0.39, 0.29) is 5.91 Å². The zero-order valence-corrected chi connectivity index (χ0v) is 15.6. The number of amides is 1. The van der Waals surface area contributed by atoms with Gasteiger partial charge in [-0.05, 0) is 55.3 Å². The Kier molecular flexibility index (Phi) is 6.42. The van der Waals surface area contributed by atoms with Gasteiger partial charge in [0.05, 0.1) is 21.3 Å². The number of ether oxygens (including phenoxy) is 2. The minimum Gasteiger partial charge on any atom is -0.493 e. The molecule has 2 N–H and O–H groups in total. The Bertz CT molecular complexity index is 744. The molecule has 0 bridgehead atoms. The number of benzene rings is 2. The number of likely N-dealkylation sites (N-methyl/N-ethyl adjacent to an activating group) is 1. The highest BCUT2D eigenvalue weighted by molar-refractivity contribution is 5.91. The third kappa shape index (κ3) is 5.22. The second-order valence-corrected chi connectivity index (χ2v) is 6.35. The number of hydrogen-bond acceptors (Lipinski definition) is 3. The molecule has 25 heavy (non-hydrogen) atoms. The van der Waals surface area contributed by atoms with Crippen LogP contribution < -0.4 is 19.7 Å². The fourth-order valence-electron chi connectivity index (χ4n) is 2.70. The van der Waals surface area contributed by atoms with E-state index in [0.29, 0.717) is 18.0 Å². The van der Waals surface area contributed by atoms with Crippen LogP contribution in [0.15, 0.2) is 36.4 Å². The maximum absolute atomic E-state index is 12.3. The normalized spacial score (nSPS) is 11.7. The van der Waals surface area contributed by atoms with E-state index in [1.54, 1.807) is 14.2 Å². The highest BCUT2D eigenvalue weighted by atomic mass is 16.5. The van der Waals surface area contributed by atoms with Crippen molar-refractivity contribution >= 4 is 11.6 Å². The van der Waals surface area contributed by atoms with Crippen LogP contribution in [0.4, 0.5) is 5.69 Å². The highest BCUT2D eigenvalue weighted by Gasteiger charge is 2.13. The second-order valence-electron chi connectivity index (χ2n) is 6.35. The van der Waals surface area contributed by atoms with Gasteiger partial charge in [0, 0.05) is 11.3 Å². The molecule has 0 aliphatic rings. The summed E-state index contributed by atoms with van der Waals surface area (Å²) in [4.78, 5) is 13.3. The summed E-state index contributed by atoms with van der Waals surface area (Å²) in [5, 5.41) is 2.96. The lowest BCUT2D eigenvalue weighted by atomic mass is 10.1. The number of anilines is 1. The lowest BCUT2D eigenvalue weighted by Crippen LogP contribution is -3.08. The Morgan fingerprint density at radius 3 is 2.36 bits per heavy atom. The molecule has 0 heterocycles. The standard InChI is InChI=1S/C20H26N2O3/c1-14-6-8-17(10-15(14)2)21-20(23)13-22(3)12-16-7-9-18(24-4)19(11-16)25-5/h6-11H,12-13H2,1-5H3,(H,21,23)/p+1. The van der Waals surface area contributed by atoms with Gasteiger partial charge < -0.3 is 19.7 Å². The lowest BCUT2D eigenvalue weighted by molar-refractivity contribution is -0.885. The van der Waals surface area contributed by atoms with E-state index in [2.05, 4.69) is 12.2 Å². The molecule has 0 saturated heterocycles.